The molecule has 0 aliphatic carbocycles. The van der Waals surface area contributed by atoms with Crippen LogP contribution in [0.25, 0.3) is 0 Å². The zero-order valence-electron chi connectivity index (χ0n) is 9.76. The van der Waals surface area contributed by atoms with Crippen molar-refractivity contribution in [2.75, 3.05) is 27.2 Å². The quantitative estimate of drug-likeness (QED) is 0.448. The molecule has 0 bridgehead atoms. The first-order valence-corrected chi connectivity index (χ1v) is 4.85. The summed E-state index contributed by atoms with van der Waals surface area (Å²) in [7, 11) is 3.68. The van der Waals surface area contributed by atoms with Gasteiger partial charge in [-0.25, -0.2) is 4.39 Å². The predicted molar refractivity (Wildman–Crippen MR) is 65.9 cm³/mol. The average Bonchev–Trinajstić information content (AvgIpc) is 2.28. The van der Waals surface area contributed by atoms with Crippen molar-refractivity contribution < 1.29 is 4.39 Å². The molecule has 0 aromatic heterocycles. The Bertz CT molecular complexity index is 305. The van der Waals surface area contributed by atoms with E-state index in [1.54, 1.807) is 11.1 Å². The molecule has 5 heteroatoms. The molecule has 4 nitrogen and oxygen atoms in total. The summed E-state index contributed by atoms with van der Waals surface area (Å²) >= 11 is 0. The minimum absolute atomic E-state index is 0.173. The van der Waals surface area contributed by atoms with E-state index in [4.69, 9.17) is 11.1 Å². The van der Waals surface area contributed by atoms with Gasteiger partial charge in [-0.2, -0.15) is 0 Å². The number of allylic oxidation sites excluding steroid dienone is 1. The molecule has 0 saturated carbocycles. The first-order valence-electron chi connectivity index (χ1n) is 4.85. The summed E-state index contributed by atoms with van der Waals surface area (Å²) in [6.45, 7) is 4.31. The molecule has 16 heavy (non-hydrogen) atoms. The van der Waals surface area contributed by atoms with Gasteiger partial charge in [0.15, 0.2) is 0 Å². The molecule has 0 saturated heterocycles. The Morgan fingerprint density at radius 3 is 2.56 bits per heavy atom. The summed E-state index contributed by atoms with van der Waals surface area (Å²) in [5.41, 5.74) is 7.12. The largest absolute Gasteiger partial charge is 0.386 e. The molecule has 0 unspecified atom stereocenters. The Morgan fingerprint density at radius 2 is 2.19 bits per heavy atom. The fourth-order valence-electron chi connectivity index (χ4n) is 0.914. The topological polar surface area (TPSA) is 65.1 Å². The highest BCUT2D eigenvalue weighted by Gasteiger charge is 2.01. The Hall–Kier alpha value is -1.62. The number of likely N-dealkylation sites (N-methyl/N-ethyl adjacent to an activating group) is 1. The molecule has 4 N–H and O–H groups in total. The molecular formula is C11H19FN4. The van der Waals surface area contributed by atoms with Crippen LogP contribution in [0.4, 0.5) is 4.39 Å². The molecule has 0 radical (unpaired) electrons. The van der Waals surface area contributed by atoms with Crippen molar-refractivity contribution in [3.8, 4) is 0 Å². The smallest absolute Gasteiger partial charge is 0.0889 e. The van der Waals surface area contributed by atoms with Crippen LogP contribution < -0.4 is 11.1 Å². The zero-order valence-corrected chi connectivity index (χ0v) is 9.76. The van der Waals surface area contributed by atoms with Crippen LogP contribution in [0.1, 0.15) is 0 Å². The molecule has 0 aromatic rings. The lowest BCUT2D eigenvalue weighted by atomic mass is 10.2. The highest BCUT2D eigenvalue weighted by molar-refractivity contribution is 5.81. The second kappa shape index (κ2) is 7.64. The lowest BCUT2D eigenvalue weighted by molar-refractivity contribution is 0.528. The number of nitrogens with zero attached hydrogens (tertiary/aromatic N) is 1. The van der Waals surface area contributed by atoms with E-state index in [0.717, 1.165) is 0 Å². The van der Waals surface area contributed by atoms with Crippen LogP contribution in [0.2, 0.25) is 0 Å². The van der Waals surface area contributed by atoms with Gasteiger partial charge in [0.1, 0.15) is 0 Å². The van der Waals surface area contributed by atoms with Crippen LogP contribution in [0.5, 0.6) is 0 Å². The fourth-order valence-corrected chi connectivity index (χ4v) is 0.914. The zero-order chi connectivity index (χ0) is 12.6. The Balaban J connectivity index is 4.39. The first-order chi connectivity index (χ1) is 7.56. The minimum atomic E-state index is 0.173. The van der Waals surface area contributed by atoms with Gasteiger partial charge in [0, 0.05) is 50.9 Å². The number of nitrogens with two attached hydrogens (primary N) is 1. The summed E-state index contributed by atoms with van der Waals surface area (Å²) in [4.78, 5) is 1.80. The Labute approximate surface area is 95.8 Å². The van der Waals surface area contributed by atoms with Gasteiger partial charge in [-0.1, -0.05) is 6.58 Å². The van der Waals surface area contributed by atoms with E-state index >= 15 is 0 Å². The maximum atomic E-state index is 12.2. The number of hydrogen-bond donors (Lipinski definition) is 3. The van der Waals surface area contributed by atoms with Crippen LogP contribution in [0, 0.1) is 5.41 Å². The molecule has 0 aromatic carbocycles. The summed E-state index contributed by atoms with van der Waals surface area (Å²) in [6, 6.07) is 0. The first kappa shape index (κ1) is 14.4. The third-order valence-electron chi connectivity index (χ3n) is 2.03. The van der Waals surface area contributed by atoms with E-state index in [1.807, 2.05) is 14.1 Å². The van der Waals surface area contributed by atoms with Gasteiger partial charge in [-0.15, -0.1) is 0 Å². The van der Waals surface area contributed by atoms with Crippen molar-refractivity contribution in [3.05, 3.63) is 36.0 Å². The molecule has 0 heterocycles. The molecular weight excluding hydrogens is 207 g/mol. The molecule has 90 valence electrons. The molecule has 0 aliphatic rings. The van der Waals surface area contributed by atoms with Gasteiger partial charge in [-0.3, -0.25) is 0 Å². The van der Waals surface area contributed by atoms with Crippen LogP contribution in [0.3, 0.4) is 0 Å². The van der Waals surface area contributed by atoms with Gasteiger partial charge in [0.25, 0.3) is 0 Å². The molecule has 0 atom stereocenters. The number of halogens is 1. The van der Waals surface area contributed by atoms with Crippen LogP contribution >= 0.6 is 0 Å². The lowest BCUT2D eigenvalue weighted by Crippen LogP contribution is -2.19. The third kappa shape index (κ3) is 4.75. The SMILES string of the molecule is C=C(/C(C=N)=C/NC/C(=C/F)CN)N(C)C. The van der Waals surface area contributed by atoms with Crippen molar-refractivity contribution in [2.45, 2.75) is 0 Å². The predicted octanol–water partition coefficient (Wildman–Crippen LogP) is 0.997. The minimum Gasteiger partial charge on any atom is -0.386 e. The monoisotopic (exact) mass is 226 g/mol. The van der Waals surface area contributed by atoms with Gasteiger partial charge < -0.3 is 21.4 Å². The van der Waals surface area contributed by atoms with E-state index in [9.17, 15) is 4.39 Å². The van der Waals surface area contributed by atoms with Crippen molar-refractivity contribution in [1.82, 2.24) is 10.2 Å². The fraction of sp³-hybridized carbons (Fsp3) is 0.364. The summed E-state index contributed by atoms with van der Waals surface area (Å²) in [6.07, 6.45) is 3.30. The van der Waals surface area contributed by atoms with Crippen molar-refractivity contribution >= 4 is 6.21 Å². The van der Waals surface area contributed by atoms with Crippen LogP contribution in [-0.2, 0) is 0 Å². The second-order valence-electron chi connectivity index (χ2n) is 3.44. The average molecular weight is 226 g/mol. The maximum Gasteiger partial charge on any atom is 0.0889 e. The summed E-state index contributed by atoms with van der Waals surface area (Å²) in [5, 5.41) is 10.1. The molecule has 0 fully saturated rings. The van der Waals surface area contributed by atoms with Gasteiger partial charge in [-0.05, 0) is 5.57 Å². The maximum absolute atomic E-state index is 12.2. The highest BCUT2D eigenvalue weighted by atomic mass is 19.1. The van der Waals surface area contributed by atoms with E-state index in [0.29, 0.717) is 29.7 Å². The lowest BCUT2D eigenvalue weighted by Gasteiger charge is -2.16. The number of nitrogens with one attached hydrogen (secondary N) is 2. The third-order valence-corrected chi connectivity index (χ3v) is 2.03. The Morgan fingerprint density at radius 1 is 1.56 bits per heavy atom. The normalized spacial score (nSPS) is 12.2. The second-order valence-corrected chi connectivity index (χ2v) is 3.44. The van der Waals surface area contributed by atoms with Gasteiger partial charge in [0.05, 0.1) is 6.33 Å². The highest BCUT2D eigenvalue weighted by Crippen LogP contribution is 2.06. The Kier molecular flexibility index (Phi) is 6.87. The van der Waals surface area contributed by atoms with Crippen molar-refractivity contribution in [3.63, 3.8) is 0 Å². The van der Waals surface area contributed by atoms with Crippen LogP contribution in [-0.4, -0.2) is 38.3 Å². The van der Waals surface area contributed by atoms with E-state index < -0.39 is 0 Å². The van der Waals surface area contributed by atoms with Gasteiger partial charge in [0.2, 0.25) is 0 Å². The summed E-state index contributed by atoms with van der Waals surface area (Å²) < 4.78 is 12.2. The molecule has 0 amide bonds. The molecule has 0 spiro atoms. The molecule has 0 aliphatic heterocycles. The molecule has 0 rings (SSSR count). The van der Waals surface area contributed by atoms with Crippen LogP contribution in [0.15, 0.2) is 36.0 Å². The van der Waals surface area contributed by atoms with Gasteiger partial charge >= 0.3 is 0 Å². The van der Waals surface area contributed by atoms with Crippen molar-refractivity contribution in [2.24, 2.45) is 5.73 Å². The van der Waals surface area contributed by atoms with E-state index in [1.165, 1.54) is 6.21 Å². The number of hydrogen-bond acceptors (Lipinski definition) is 4. The number of rotatable bonds is 7. The van der Waals surface area contributed by atoms with E-state index in [-0.39, 0.29) is 6.54 Å². The standard InChI is InChI=1S/C11H19FN4/c1-9(16(2)3)11(6-14)8-15-7-10(4-12)5-13/h4,6,8,14-15H,1,5,7,13H2,2-3H3/b10-4+,11-8+,14-6?. The van der Waals surface area contributed by atoms with E-state index in [2.05, 4.69) is 11.9 Å². The summed E-state index contributed by atoms with van der Waals surface area (Å²) in [5.74, 6) is 0. The van der Waals surface area contributed by atoms with Crippen molar-refractivity contribution in [1.29, 1.82) is 5.41 Å².